The number of para-hydroxylation sites is 1. The molecule has 7 heteroatoms. The molecule has 0 aliphatic carbocycles. The van der Waals surface area contributed by atoms with Gasteiger partial charge in [0.2, 0.25) is 5.78 Å². The fourth-order valence-electron chi connectivity index (χ4n) is 4.79. The molecule has 37 heavy (non-hydrogen) atoms. The molecule has 194 valence electrons. The molecule has 1 aromatic heterocycles. The monoisotopic (exact) mass is 503 g/mol. The number of Topliss-reactive ketones (excluding diaryl/α,β-unsaturated/α-hetero) is 2. The van der Waals surface area contributed by atoms with E-state index in [2.05, 4.69) is 0 Å². The van der Waals surface area contributed by atoms with Crippen LogP contribution >= 0.6 is 0 Å². The molecule has 0 saturated carbocycles. The lowest BCUT2D eigenvalue weighted by Crippen LogP contribution is -2.17. The zero-order valence-corrected chi connectivity index (χ0v) is 21.6. The van der Waals surface area contributed by atoms with Gasteiger partial charge in [-0.05, 0) is 57.2 Å². The number of aromatic hydroxyl groups is 1. The van der Waals surface area contributed by atoms with E-state index in [1.807, 2.05) is 48.9 Å². The van der Waals surface area contributed by atoms with Crippen molar-refractivity contribution in [2.75, 3.05) is 6.61 Å². The van der Waals surface area contributed by atoms with Crippen molar-refractivity contribution in [2.45, 2.75) is 58.5 Å². The van der Waals surface area contributed by atoms with Crippen LogP contribution in [0.2, 0.25) is 0 Å². The molecule has 1 N–H and O–H groups in total. The van der Waals surface area contributed by atoms with Crippen LogP contribution in [0.1, 0.15) is 77.4 Å². The highest BCUT2D eigenvalue weighted by Gasteiger charge is 2.23. The summed E-state index contributed by atoms with van der Waals surface area (Å²) < 4.78 is 13.3. The van der Waals surface area contributed by atoms with Gasteiger partial charge >= 0.3 is 5.97 Å². The highest BCUT2D eigenvalue weighted by Crippen LogP contribution is 2.31. The van der Waals surface area contributed by atoms with Crippen LogP contribution in [-0.4, -0.2) is 39.9 Å². The van der Waals surface area contributed by atoms with Crippen molar-refractivity contribution in [1.82, 2.24) is 4.57 Å². The smallest absolute Gasteiger partial charge is 0.342 e. The Bertz CT molecular complexity index is 1370. The molecule has 1 aliphatic rings. The first kappa shape index (κ1) is 26.2. The van der Waals surface area contributed by atoms with E-state index in [0.717, 1.165) is 16.6 Å². The van der Waals surface area contributed by atoms with Crippen molar-refractivity contribution in [3.63, 3.8) is 0 Å². The van der Waals surface area contributed by atoms with E-state index in [1.54, 1.807) is 19.1 Å². The van der Waals surface area contributed by atoms with Gasteiger partial charge in [-0.15, -0.1) is 0 Å². The average molecular weight is 504 g/mol. The van der Waals surface area contributed by atoms with Gasteiger partial charge in [-0.1, -0.05) is 30.4 Å². The van der Waals surface area contributed by atoms with Gasteiger partial charge in [-0.25, -0.2) is 4.79 Å². The van der Waals surface area contributed by atoms with Crippen molar-refractivity contribution >= 4 is 34.5 Å². The molecular weight excluding hydrogens is 470 g/mol. The predicted molar refractivity (Wildman–Crippen MR) is 142 cm³/mol. The van der Waals surface area contributed by atoms with Crippen molar-refractivity contribution in [2.24, 2.45) is 7.05 Å². The van der Waals surface area contributed by atoms with Crippen LogP contribution in [-0.2, 0) is 16.6 Å². The van der Waals surface area contributed by atoms with Crippen LogP contribution in [0, 0.1) is 6.92 Å². The number of fused-ring (bicyclic) bond motifs is 2. The van der Waals surface area contributed by atoms with Crippen molar-refractivity contribution in [3.8, 4) is 11.5 Å². The Morgan fingerprint density at radius 1 is 1.16 bits per heavy atom. The summed E-state index contributed by atoms with van der Waals surface area (Å²) in [6.07, 6.45) is 6.77. The molecule has 0 fully saturated rings. The highest BCUT2D eigenvalue weighted by molar-refractivity contribution is 6.10. The van der Waals surface area contributed by atoms with Gasteiger partial charge in [0.15, 0.2) is 6.61 Å². The fourth-order valence-corrected chi connectivity index (χ4v) is 4.79. The van der Waals surface area contributed by atoms with E-state index in [4.69, 9.17) is 9.47 Å². The lowest BCUT2D eigenvalue weighted by molar-refractivity contribution is -0.119. The summed E-state index contributed by atoms with van der Waals surface area (Å²) in [4.78, 5) is 38.1. The van der Waals surface area contributed by atoms with E-state index in [9.17, 15) is 19.5 Å². The van der Waals surface area contributed by atoms with Gasteiger partial charge in [0.1, 0.15) is 22.8 Å². The highest BCUT2D eigenvalue weighted by atomic mass is 16.5. The van der Waals surface area contributed by atoms with Gasteiger partial charge in [0.25, 0.3) is 0 Å². The molecule has 4 rings (SSSR count). The lowest BCUT2D eigenvalue weighted by Gasteiger charge is -2.16. The number of hydrogen-bond donors (Lipinski definition) is 1. The second kappa shape index (κ2) is 11.5. The number of rotatable bonds is 4. The molecule has 3 aromatic rings. The number of carbonyl (C=O) groups excluding carboxylic acids is 3. The van der Waals surface area contributed by atoms with Crippen LogP contribution in [0.3, 0.4) is 0 Å². The Kier molecular flexibility index (Phi) is 8.11. The standard InChI is InChI=1S/C30H33NO6/c1-19-10-9-13-22(32)12-6-4-5-11-21-16-23(17-26(33)29(21)30(35)37-19)36-18-27(34)28-20(2)31(3)25-15-8-7-14-24(25)28/h5,7-8,11,14-17,19,33H,4,6,9-10,12-13,18H2,1-3H3. The van der Waals surface area contributed by atoms with Crippen LogP contribution in [0.4, 0.5) is 0 Å². The summed E-state index contributed by atoms with van der Waals surface area (Å²) in [5.41, 5.74) is 2.91. The Balaban J connectivity index is 1.59. The van der Waals surface area contributed by atoms with E-state index >= 15 is 0 Å². The SMILES string of the molecule is Cc1c(C(=O)COc2cc(O)c3c(c2)C=CCCCC(=O)CCCC(C)OC3=O)c2ccccc2n1C. The zero-order valence-electron chi connectivity index (χ0n) is 21.6. The molecule has 1 atom stereocenters. The fraction of sp³-hybridized carbons (Fsp3) is 0.367. The minimum Gasteiger partial charge on any atom is -0.507 e. The van der Waals surface area contributed by atoms with Gasteiger partial charge < -0.3 is 19.1 Å². The second-order valence-electron chi connectivity index (χ2n) is 9.60. The van der Waals surface area contributed by atoms with Crippen molar-refractivity contribution in [1.29, 1.82) is 0 Å². The largest absolute Gasteiger partial charge is 0.507 e. The van der Waals surface area contributed by atoms with Crippen LogP contribution in [0.25, 0.3) is 17.0 Å². The van der Waals surface area contributed by atoms with Crippen LogP contribution in [0.15, 0.2) is 42.5 Å². The third kappa shape index (κ3) is 5.93. The first-order valence-corrected chi connectivity index (χ1v) is 12.7. The quantitative estimate of drug-likeness (QED) is 0.350. The number of aryl methyl sites for hydroxylation is 1. The molecule has 0 amide bonds. The lowest BCUT2D eigenvalue weighted by atomic mass is 10.0. The van der Waals surface area contributed by atoms with E-state index in [1.165, 1.54) is 6.07 Å². The Labute approximate surface area is 216 Å². The normalized spacial score (nSPS) is 17.2. The van der Waals surface area contributed by atoms with Crippen molar-refractivity contribution in [3.05, 3.63) is 64.9 Å². The molecule has 2 aromatic carbocycles. The summed E-state index contributed by atoms with van der Waals surface area (Å²) in [6, 6.07) is 10.7. The van der Waals surface area contributed by atoms with Gasteiger partial charge in [-0.2, -0.15) is 0 Å². The average Bonchev–Trinajstić information content (AvgIpc) is 3.11. The molecule has 1 aliphatic heterocycles. The van der Waals surface area contributed by atoms with Crippen LogP contribution < -0.4 is 4.74 Å². The molecule has 7 nitrogen and oxygen atoms in total. The summed E-state index contributed by atoms with van der Waals surface area (Å²) >= 11 is 0. The molecule has 0 radical (unpaired) electrons. The first-order valence-electron chi connectivity index (χ1n) is 12.7. The zero-order chi connectivity index (χ0) is 26.5. The number of hydrogen-bond acceptors (Lipinski definition) is 6. The number of cyclic esters (lactones) is 1. The van der Waals surface area contributed by atoms with Gasteiger partial charge in [-0.3, -0.25) is 9.59 Å². The molecule has 2 heterocycles. The molecular formula is C30H33NO6. The van der Waals surface area contributed by atoms with Gasteiger partial charge in [0.05, 0.1) is 6.10 Å². The number of esters is 1. The van der Waals surface area contributed by atoms with Crippen LogP contribution in [0.5, 0.6) is 11.5 Å². The number of nitrogens with zero attached hydrogens (tertiary/aromatic N) is 1. The summed E-state index contributed by atoms with van der Waals surface area (Å²) in [5, 5.41) is 11.6. The van der Waals surface area contributed by atoms with E-state index in [0.29, 0.717) is 49.7 Å². The summed E-state index contributed by atoms with van der Waals surface area (Å²) in [6.45, 7) is 3.45. The number of ketones is 2. The Hall–Kier alpha value is -3.87. The molecule has 0 bridgehead atoms. The number of allylic oxidation sites excluding steroid dienone is 1. The summed E-state index contributed by atoms with van der Waals surface area (Å²) in [5.74, 6) is -0.608. The number of phenolic OH excluding ortho intramolecular Hbond substituents is 1. The minimum atomic E-state index is -0.637. The van der Waals surface area contributed by atoms with E-state index < -0.39 is 12.1 Å². The Morgan fingerprint density at radius 2 is 1.92 bits per heavy atom. The number of benzene rings is 2. The maximum atomic E-state index is 13.2. The maximum Gasteiger partial charge on any atom is 0.342 e. The molecule has 0 saturated heterocycles. The first-order chi connectivity index (χ1) is 17.8. The molecule has 1 unspecified atom stereocenters. The molecule has 0 spiro atoms. The third-order valence-electron chi connectivity index (χ3n) is 6.87. The number of ether oxygens (including phenoxy) is 2. The number of carbonyl (C=O) groups is 3. The predicted octanol–water partition coefficient (Wildman–Crippen LogP) is 5.94. The third-order valence-corrected chi connectivity index (χ3v) is 6.87. The van der Waals surface area contributed by atoms with Gasteiger partial charge in [0, 0.05) is 48.1 Å². The Morgan fingerprint density at radius 3 is 2.73 bits per heavy atom. The minimum absolute atomic E-state index is 0.0554. The topological polar surface area (TPSA) is 94.8 Å². The second-order valence-corrected chi connectivity index (χ2v) is 9.60. The number of phenols is 1. The van der Waals surface area contributed by atoms with E-state index in [-0.39, 0.29) is 35.2 Å². The number of aromatic nitrogens is 1. The van der Waals surface area contributed by atoms with Crippen molar-refractivity contribution < 1.29 is 29.0 Å². The summed E-state index contributed by atoms with van der Waals surface area (Å²) in [7, 11) is 1.92. The maximum absolute atomic E-state index is 13.2.